The first-order valence-electron chi connectivity index (χ1n) is 19.3. The topological polar surface area (TPSA) is 52.6 Å². The lowest BCUT2D eigenvalue weighted by molar-refractivity contribution is 0.103. The molecule has 0 amide bonds. The summed E-state index contributed by atoms with van der Waals surface area (Å²) < 4.78 is 12.9. The first-order chi connectivity index (χ1) is 28.7. The Kier molecular flexibility index (Phi) is 9.98. The molecule has 1 aliphatic carbocycles. The molecule has 0 unspecified atom stereocenters. The van der Waals surface area contributed by atoms with Gasteiger partial charge in [0.05, 0.1) is 5.41 Å². The number of benzene rings is 8. The van der Waals surface area contributed by atoms with Crippen molar-refractivity contribution in [2.45, 2.75) is 19.3 Å². The predicted octanol–water partition coefficient (Wildman–Crippen LogP) is 14.0. The number of carbonyl (C=O) groups is 2. The van der Waals surface area contributed by atoms with Crippen LogP contribution in [-0.2, 0) is 5.41 Å². The van der Waals surface area contributed by atoms with Gasteiger partial charge >= 0.3 is 0 Å². The van der Waals surface area contributed by atoms with E-state index >= 15 is 0 Å². The minimum Gasteiger partial charge on any atom is -0.457 e. The molecule has 0 N–H and O–H groups in total. The Balaban J connectivity index is 1.04. The number of ether oxygens (including phenoxy) is 2. The quantitative estimate of drug-likeness (QED) is 0.129. The van der Waals surface area contributed by atoms with E-state index in [1.54, 1.807) is 72.8 Å². The van der Waals surface area contributed by atoms with Crippen LogP contribution in [0, 0.1) is 13.8 Å². The molecule has 0 saturated carbocycles. The van der Waals surface area contributed by atoms with Crippen LogP contribution in [0.2, 0.25) is 10.0 Å². The second-order valence-electron chi connectivity index (χ2n) is 14.7. The Hall–Kier alpha value is -6.72. The van der Waals surface area contributed by atoms with Gasteiger partial charge in [0.1, 0.15) is 23.0 Å². The Bertz CT molecular complexity index is 2680. The third kappa shape index (κ3) is 7.01. The van der Waals surface area contributed by atoms with E-state index in [0.717, 1.165) is 33.8 Å². The molecule has 0 saturated heterocycles. The van der Waals surface area contributed by atoms with Crippen molar-refractivity contribution in [3.8, 4) is 34.1 Å². The van der Waals surface area contributed by atoms with Gasteiger partial charge in [0.25, 0.3) is 0 Å². The van der Waals surface area contributed by atoms with Gasteiger partial charge in [-0.1, -0.05) is 96.0 Å². The van der Waals surface area contributed by atoms with E-state index in [2.05, 4.69) is 86.6 Å². The first-order valence-corrected chi connectivity index (χ1v) is 20.0. The Morgan fingerprint density at radius 1 is 0.424 bits per heavy atom. The van der Waals surface area contributed by atoms with Crippen molar-refractivity contribution in [1.82, 2.24) is 0 Å². The van der Waals surface area contributed by atoms with E-state index in [-0.39, 0.29) is 11.6 Å². The summed E-state index contributed by atoms with van der Waals surface area (Å²) in [5, 5.41) is 1.17. The van der Waals surface area contributed by atoms with Gasteiger partial charge in [-0.3, -0.25) is 9.59 Å². The third-order valence-electron chi connectivity index (χ3n) is 11.1. The molecule has 6 heteroatoms. The van der Waals surface area contributed by atoms with Crippen molar-refractivity contribution in [3.05, 3.63) is 248 Å². The van der Waals surface area contributed by atoms with E-state index < -0.39 is 5.41 Å². The van der Waals surface area contributed by atoms with Crippen LogP contribution < -0.4 is 9.47 Å². The van der Waals surface area contributed by atoms with Gasteiger partial charge in [-0.05, 0) is 168 Å². The maximum atomic E-state index is 13.1. The summed E-state index contributed by atoms with van der Waals surface area (Å²) in [5.74, 6) is 2.55. The molecule has 59 heavy (non-hydrogen) atoms. The summed E-state index contributed by atoms with van der Waals surface area (Å²) in [6.07, 6.45) is 0. The van der Waals surface area contributed by atoms with Gasteiger partial charge in [0.2, 0.25) is 0 Å². The molecular formula is C53H36Cl2O4. The molecule has 0 fully saturated rings. The zero-order chi connectivity index (χ0) is 40.7. The number of halogens is 2. The first kappa shape index (κ1) is 37.8. The van der Waals surface area contributed by atoms with Crippen molar-refractivity contribution in [2.75, 3.05) is 0 Å². The van der Waals surface area contributed by atoms with Crippen LogP contribution in [0.15, 0.2) is 182 Å². The van der Waals surface area contributed by atoms with E-state index in [4.69, 9.17) is 32.7 Å². The minimum atomic E-state index is -0.632. The summed E-state index contributed by atoms with van der Waals surface area (Å²) in [6, 6.07) is 58.3. The van der Waals surface area contributed by atoms with Crippen LogP contribution in [0.5, 0.6) is 23.0 Å². The van der Waals surface area contributed by atoms with Gasteiger partial charge in [-0.25, -0.2) is 0 Å². The smallest absolute Gasteiger partial charge is 0.193 e. The van der Waals surface area contributed by atoms with E-state index in [1.165, 1.54) is 22.3 Å². The Morgan fingerprint density at radius 3 is 1.12 bits per heavy atom. The van der Waals surface area contributed by atoms with Gasteiger partial charge in [-0.2, -0.15) is 0 Å². The monoisotopic (exact) mass is 806 g/mol. The van der Waals surface area contributed by atoms with Crippen molar-refractivity contribution in [3.63, 3.8) is 0 Å². The average Bonchev–Trinajstić information content (AvgIpc) is 3.57. The number of aryl methyl sites for hydroxylation is 2. The highest BCUT2D eigenvalue weighted by Crippen LogP contribution is 2.56. The molecule has 0 atom stereocenters. The lowest BCUT2D eigenvalue weighted by atomic mass is 9.67. The highest BCUT2D eigenvalue weighted by atomic mass is 35.5. The highest BCUT2D eigenvalue weighted by Gasteiger charge is 2.46. The van der Waals surface area contributed by atoms with E-state index in [1.807, 2.05) is 36.4 Å². The van der Waals surface area contributed by atoms with Crippen LogP contribution >= 0.6 is 23.2 Å². The number of hydrogen-bond acceptors (Lipinski definition) is 4. The van der Waals surface area contributed by atoms with Gasteiger partial charge < -0.3 is 9.47 Å². The number of rotatable bonds is 10. The lowest BCUT2D eigenvalue weighted by Crippen LogP contribution is -2.28. The summed E-state index contributed by atoms with van der Waals surface area (Å²) in [7, 11) is 0. The second-order valence-corrected chi connectivity index (χ2v) is 15.6. The number of ketones is 2. The fourth-order valence-corrected chi connectivity index (χ4v) is 8.41. The zero-order valence-electron chi connectivity index (χ0n) is 32.2. The van der Waals surface area contributed by atoms with Crippen molar-refractivity contribution >= 4 is 34.8 Å². The number of carbonyl (C=O) groups excluding carboxylic acids is 2. The number of hydrogen-bond donors (Lipinski definition) is 0. The summed E-state index contributed by atoms with van der Waals surface area (Å²) in [4.78, 5) is 26.1. The van der Waals surface area contributed by atoms with Crippen LogP contribution in [0.4, 0.5) is 0 Å². The standard InChI is InChI=1S/C53H36Cl2O4/c1-33-31-39(19-29-49(33)58-43-25-15-37(16-26-43)51(56)35-11-21-41(54)22-12-35)53(47-9-5-3-7-45(47)46-8-4-6-10-48(46)53)40-20-30-50(34(2)32-40)59-44-27-17-38(18-28-44)52(57)36-13-23-42(55)24-14-36/h3-32H,1-2H3. The summed E-state index contributed by atoms with van der Waals surface area (Å²) in [6.45, 7) is 4.13. The highest BCUT2D eigenvalue weighted by molar-refractivity contribution is 6.31. The van der Waals surface area contributed by atoms with E-state index in [9.17, 15) is 9.59 Å². The molecule has 0 spiro atoms. The SMILES string of the molecule is Cc1cc(C2(c3ccc(Oc4ccc(C(=O)c5ccc(Cl)cc5)cc4)c(C)c3)c3ccccc3-c3ccccc32)ccc1Oc1ccc(C(=O)c2ccc(Cl)cc2)cc1. The molecule has 1 aliphatic rings. The van der Waals surface area contributed by atoms with Gasteiger partial charge in [-0.15, -0.1) is 0 Å². The Labute approximate surface area is 353 Å². The van der Waals surface area contributed by atoms with Crippen LogP contribution in [0.1, 0.15) is 65.2 Å². The van der Waals surface area contributed by atoms with Crippen LogP contribution in [0.25, 0.3) is 11.1 Å². The third-order valence-corrected chi connectivity index (χ3v) is 11.6. The van der Waals surface area contributed by atoms with E-state index in [0.29, 0.717) is 43.8 Å². The molecule has 0 heterocycles. The normalized spacial score (nSPS) is 12.3. The molecular weight excluding hydrogens is 771 g/mol. The van der Waals surface area contributed by atoms with Crippen LogP contribution in [-0.4, -0.2) is 11.6 Å². The van der Waals surface area contributed by atoms with Crippen molar-refractivity contribution < 1.29 is 19.1 Å². The fraction of sp³-hybridized carbons (Fsp3) is 0.0566. The molecule has 8 aromatic carbocycles. The summed E-state index contributed by atoms with van der Waals surface area (Å²) >= 11 is 12.0. The number of fused-ring (bicyclic) bond motifs is 3. The average molecular weight is 808 g/mol. The van der Waals surface area contributed by atoms with Gasteiger partial charge in [0, 0.05) is 32.3 Å². The molecule has 0 bridgehead atoms. The molecule has 0 aromatic heterocycles. The minimum absolute atomic E-state index is 0.0800. The second kappa shape index (κ2) is 15.6. The molecule has 8 aromatic rings. The van der Waals surface area contributed by atoms with Crippen LogP contribution in [0.3, 0.4) is 0 Å². The molecule has 9 rings (SSSR count). The maximum absolute atomic E-state index is 13.1. The zero-order valence-corrected chi connectivity index (χ0v) is 33.7. The maximum Gasteiger partial charge on any atom is 0.193 e. The molecule has 286 valence electrons. The Morgan fingerprint density at radius 2 is 0.763 bits per heavy atom. The van der Waals surface area contributed by atoms with Crippen molar-refractivity contribution in [2.24, 2.45) is 0 Å². The molecule has 0 aliphatic heterocycles. The van der Waals surface area contributed by atoms with Gasteiger partial charge in [0.15, 0.2) is 11.6 Å². The molecule has 0 radical (unpaired) electrons. The lowest BCUT2D eigenvalue weighted by Gasteiger charge is -2.34. The van der Waals surface area contributed by atoms with Crippen molar-refractivity contribution in [1.29, 1.82) is 0 Å². The largest absolute Gasteiger partial charge is 0.457 e. The predicted molar refractivity (Wildman–Crippen MR) is 236 cm³/mol. The summed E-state index contributed by atoms with van der Waals surface area (Å²) in [5.41, 5.74) is 10.6. The fourth-order valence-electron chi connectivity index (χ4n) is 8.16. The molecule has 4 nitrogen and oxygen atoms in total.